The molecule has 0 radical (unpaired) electrons. The molecule has 0 atom stereocenters. The van der Waals surface area contributed by atoms with Gasteiger partial charge in [-0.05, 0) is 69.7 Å². The number of anilines is 1. The Morgan fingerprint density at radius 3 is 2.27 bits per heavy atom. The summed E-state index contributed by atoms with van der Waals surface area (Å²) in [5, 5.41) is 4.96. The van der Waals surface area contributed by atoms with Crippen LogP contribution in [0.2, 0.25) is 0 Å². The molecule has 0 aliphatic carbocycles. The number of nitrogens with zero attached hydrogens (tertiary/aromatic N) is 7. The molecule has 14 heteroatoms. The number of benzene rings is 2. The fraction of sp³-hybridized carbons (Fsp3) is 0.263. The highest BCUT2D eigenvalue weighted by molar-refractivity contribution is 7.90. The van der Waals surface area contributed by atoms with Crippen molar-refractivity contribution in [2.75, 3.05) is 31.1 Å². The first-order valence-corrected chi connectivity index (χ1v) is 18.2. The average molecular weight is 726 g/mol. The topological polar surface area (TPSA) is 115 Å². The van der Waals surface area contributed by atoms with E-state index >= 15 is 4.39 Å². The van der Waals surface area contributed by atoms with Crippen molar-refractivity contribution in [2.45, 2.75) is 44.7 Å². The van der Waals surface area contributed by atoms with Crippen molar-refractivity contribution in [3.8, 4) is 22.3 Å². The van der Waals surface area contributed by atoms with E-state index in [2.05, 4.69) is 15.1 Å². The molecule has 268 valence electrons. The molecule has 52 heavy (non-hydrogen) atoms. The van der Waals surface area contributed by atoms with E-state index in [0.29, 0.717) is 65.9 Å². The summed E-state index contributed by atoms with van der Waals surface area (Å²) in [6.07, 6.45) is 7.53. The van der Waals surface area contributed by atoms with Crippen LogP contribution in [0.4, 0.5) is 19.4 Å². The highest BCUT2D eigenvalue weighted by Gasteiger charge is 2.28. The number of piperazine rings is 1. The van der Waals surface area contributed by atoms with Gasteiger partial charge in [0.15, 0.2) is 17.3 Å². The number of halogens is 2. The minimum absolute atomic E-state index is 0.100. The zero-order valence-electron chi connectivity index (χ0n) is 29.1. The van der Waals surface area contributed by atoms with Crippen molar-refractivity contribution < 1.29 is 26.7 Å². The number of amides is 1. The Labute approximate surface area is 300 Å². The maximum Gasteiger partial charge on any atom is 0.410 e. The standard InChI is InChI=1S/C38H37F2N7O4S/c1-25-8-10-31(11-9-25)52(49,50)47-24-33(29-21-43-46(23-29)22-26-6-5-7-30(39)16-26)32-17-27(19-41-35(32)47)28-18-34(40)36(42-20-28)44-12-14-45(15-13-44)37(48)51-38(2,3)4/h5-11,16-21,23-24H,12-15,22H2,1-4H3. The highest BCUT2D eigenvalue weighted by Crippen LogP contribution is 2.35. The third-order valence-corrected chi connectivity index (χ3v) is 10.4. The first kappa shape index (κ1) is 34.8. The molecule has 1 amide bonds. The first-order chi connectivity index (χ1) is 24.7. The molecule has 1 aliphatic rings. The first-order valence-electron chi connectivity index (χ1n) is 16.7. The third kappa shape index (κ3) is 7.11. The Morgan fingerprint density at radius 1 is 0.865 bits per heavy atom. The van der Waals surface area contributed by atoms with Crippen molar-refractivity contribution in [3.63, 3.8) is 0 Å². The molecule has 1 saturated heterocycles. The zero-order chi connectivity index (χ0) is 36.8. The van der Waals surface area contributed by atoms with Gasteiger partial charge in [-0.2, -0.15) is 5.10 Å². The molecule has 7 rings (SSSR count). The van der Waals surface area contributed by atoms with Crippen LogP contribution < -0.4 is 4.90 Å². The van der Waals surface area contributed by atoms with Crippen molar-refractivity contribution in [3.05, 3.63) is 114 Å². The minimum Gasteiger partial charge on any atom is -0.444 e. The molecule has 5 heterocycles. The summed E-state index contributed by atoms with van der Waals surface area (Å²) in [4.78, 5) is 25.0. The molecule has 0 bridgehead atoms. The van der Waals surface area contributed by atoms with Crippen LogP contribution in [0, 0.1) is 18.6 Å². The summed E-state index contributed by atoms with van der Waals surface area (Å²) in [6, 6.07) is 15.9. The Bertz CT molecular complexity index is 2390. The SMILES string of the molecule is Cc1ccc(S(=O)(=O)n2cc(-c3cnn(Cc4cccc(F)c4)c3)c3cc(-c4cnc(N5CCN(C(=O)OC(C)(C)C)CC5)c(F)c4)cnc32)cc1. The van der Waals surface area contributed by atoms with Crippen LogP contribution in [0.25, 0.3) is 33.3 Å². The quantitative estimate of drug-likeness (QED) is 0.175. The van der Waals surface area contributed by atoms with Crippen LogP contribution in [0.3, 0.4) is 0 Å². The van der Waals surface area contributed by atoms with Gasteiger partial charge < -0.3 is 14.5 Å². The lowest BCUT2D eigenvalue weighted by Gasteiger charge is -2.36. The molecule has 11 nitrogen and oxygen atoms in total. The number of hydrogen-bond donors (Lipinski definition) is 0. The summed E-state index contributed by atoms with van der Waals surface area (Å²) in [6.45, 7) is 9.10. The van der Waals surface area contributed by atoms with Gasteiger partial charge >= 0.3 is 6.09 Å². The maximum absolute atomic E-state index is 15.7. The monoisotopic (exact) mass is 725 g/mol. The van der Waals surface area contributed by atoms with Crippen LogP contribution in [-0.4, -0.2) is 74.9 Å². The summed E-state index contributed by atoms with van der Waals surface area (Å²) >= 11 is 0. The van der Waals surface area contributed by atoms with Gasteiger partial charge in [-0.15, -0.1) is 0 Å². The van der Waals surface area contributed by atoms with E-state index in [9.17, 15) is 17.6 Å². The molecule has 6 aromatic rings. The number of hydrogen-bond acceptors (Lipinski definition) is 8. The van der Waals surface area contributed by atoms with E-state index in [1.807, 2.05) is 27.7 Å². The predicted molar refractivity (Wildman–Crippen MR) is 193 cm³/mol. The summed E-state index contributed by atoms with van der Waals surface area (Å²) in [5.74, 6) is -0.724. The molecular formula is C38H37F2N7O4S. The number of rotatable bonds is 7. The van der Waals surface area contributed by atoms with Gasteiger partial charge in [-0.1, -0.05) is 29.8 Å². The number of ether oxygens (including phenoxy) is 1. The molecule has 0 spiro atoms. The molecule has 1 fully saturated rings. The molecule has 0 N–H and O–H groups in total. The predicted octanol–water partition coefficient (Wildman–Crippen LogP) is 6.89. The third-order valence-electron chi connectivity index (χ3n) is 8.75. The fourth-order valence-electron chi connectivity index (χ4n) is 6.13. The fourth-order valence-corrected chi connectivity index (χ4v) is 7.46. The van der Waals surface area contributed by atoms with Gasteiger partial charge in [0, 0.05) is 78.6 Å². The lowest BCUT2D eigenvalue weighted by atomic mass is 10.1. The molecular weight excluding hydrogens is 689 g/mol. The minimum atomic E-state index is -4.06. The lowest BCUT2D eigenvalue weighted by Crippen LogP contribution is -2.50. The Balaban J connectivity index is 1.22. The molecule has 0 saturated carbocycles. The molecule has 0 unspecified atom stereocenters. The second-order valence-corrected chi connectivity index (χ2v) is 15.6. The zero-order valence-corrected chi connectivity index (χ0v) is 29.9. The average Bonchev–Trinajstić information content (AvgIpc) is 3.72. The second-order valence-electron chi connectivity index (χ2n) is 13.8. The summed E-state index contributed by atoms with van der Waals surface area (Å²) < 4.78 is 65.7. The smallest absolute Gasteiger partial charge is 0.410 e. The normalized spacial score (nSPS) is 13.9. The molecule has 4 aromatic heterocycles. The molecule has 1 aliphatic heterocycles. The largest absolute Gasteiger partial charge is 0.444 e. The van der Waals surface area contributed by atoms with Gasteiger partial charge in [-0.3, -0.25) is 4.68 Å². The van der Waals surface area contributed by atoms with Crippen LogP contribution >= 0.6 is 0 Å². The van der Waals surface area contributed by atoms with Crippen LogP contribution in [0.5, 0.6) is 0 Å². The summed E-state index contributed by atoms with van der Waals surface area (Å²) in [5.41, 5.74) is 3.34. The maximum atomic E-state index is 15.7. The van der Waals surface area contributed by atoms with E-state index in [0.717, 1.165) is 9.54 Å². The van der Waals surface area contributed by atoms with E-state index in [1.165, 1.54) is 30.6 Å². The number of aryl methyl sites for hydroxylation is 1. The number of carbonyl (C=O) groups excluding carboxylic acids is 1. The second kappa shape index (κ2) is 13.5. The van der Waals surface area contributed by atoms with Crippen molar-refractivity contribution >= 4 is 33.0 Å². The molecule has 2 aromatic carbocycles. The van der Waals surface area contributed by atoms with Crippen LogP contribution in [0.15, 0.2) is 96.5 Å². The summed E-state index contributed by atoms with van der Waals surface area (Å²) in [7, 11) is -4.06. The van der Waals surface area contributed by atoms with E-state index in [1.54, 1.807) is 75.5 Å². The van der Waals surface area contributed by atoms with Gasteiger partial charge in [0.25, 0.3) is 10.0 Å². The Kier molecular flexibility index (Phi) is 9.03. The van der Waals surface area contributed by atoms with Crippen molar-refractivity contribution in [1.29, 1.82) is 0 Å². The van der Waals surface area contributed by atoms with Crippen LogP contribution in [0.1, 0.15) is 31.9 Å². The van der Waals surface area contributed by atoms with Crippen molar-refractivity contribution in [2.24, 2.45) is 0 Å². The number of aromatic nitrogens is 5. The lowest BCUT2D eigenvalue weighted by molar-refractivity contribution is 0.0240. The van der Waals surface area contributed by atoms with E-state index in [4.69, 9.17) is 4.74 Å². The van der Waals surface area contributed by atoms with Gasteiger partial charge in [0.1, 0.15) is 11.4 Å². The Hall–Kier alpha value is -5.63. The van der Waals surface area contributed by atoms with Gasteiger partial charge in [-0.25, -0.2) is 35.9 Å². The number of carbonyl (C=O) groups is 1. The highest BCUT2D eigenvalue weighted by atomic mass is 32.2. The van der Waals surface area contributed by atoms with E-state index < -0.39 is 27.5 Å². The number of fused-ring (bicyclic) bond motifs is 1. The van der Waals surface area contributed by atoms with E-state index in [-0.39, 0.29) is 22.2 Å². The van der Waals surface area contributed by atoms with Gasteiger partial charge in [0.05, 0.1) is 17.6 Å². The van der Waals surface area contributed by atoms with Gasteiger partial charge in [0.2, 0.25) is 0 Å². The van der Waals surface area contributed by atoms with Crippen molar-refractivity contribution in [1.82, 2.24) is 28.6 Å². The van der Waals surface area contributed by atoms with Crippen LogP contribution in [-0.2, 0) is 21.3 Å². The Morgan fingerprint density at radius 2 is 1.58 bits per heavy atom. The number of pyridine rings is 2.